The summed E-state index contributed by atoms with van der Waals surface area (Å²) in [5.74, 6) is 0. The summed E-state index contributed by atoms with van der Waals surface area (Å²) in [5.41, 5.74) is 1.99. The van der Waals surface area contributed by atoms with Gasteiger partial charge in [0.15, 0.2) is 0 Å². The maximum atomic E-state index is 5.35. The average molecular weight is 183 g/mol. The van der Waals surface area contributed by atoms with Gasteiger partial charge in [0.2, 0.25) is 0 Å². The Labute approximate surface area is 81.2 Å². The zero-order valence-electron chi connectivity index (χ0n) is 7.82. The van der Waals surface area contributed by atoms with E-state index in [1.807, 2.05) is 31.3 Å². The molecule has 14 heavy (non-hydrogen) atoms. The van der Waals surface area contributed by atoms with E-state index in [1.165, 1.54) is 10.8 Å². The predicted octanol–water partition coefficient (Wildman–Crippen LogP) is 3.29. The van der Waals surface area contributed by atoms with Crippen molar-refractivity contribution < 1.29 is 4.42 Å². The normalized spacial score (nSPS) is 11.2. The molecule has 0 N–H and O–H groups in total. The first-order valence-electron chi connectivity index (χ1n) is 4.58. The topological polar surface area (TPSA) is 26.0 Å². The van der Waals surface area contributed by atoms with Crippen molar-refractivity contribution >= 4 is 21.7 Å². The number of rotatable bonds is 0. The molecule has 2 nitrogen and oxygen atoms in total. The van der Waals surface area contributed by atoms with E-state index in [9.17, 15) is 0 Å². The summed E-state index contributed by atoms with van der Waals surface area (Å²) in [6, 6.07) is 8.08. The van der Waals surface area contributed by atoms with Crippen molar-refractivity contribution in [2.45, 2.75) is 6.92 Å². The summed E-state index contributed by atoms with van der Waals surface area (Å²) in [4.78, 5) is 4.27. The number of furan rings is 1. The molecule has 3 rings (SSSR count). The minimum atomic E-state index is 0.933. The summed E-state index contributed by atoms with van der Waals surface area (Å²) in [5, 5.41) is 3.57. The Kier molecular flexibility index (Phi) is 1.39. The van der Waals surface area contributed by atoms with Gasteiger partial charge in [-0.15, -0.1) is 0 Å². The highest BCUT2D eigenvalue weighted by atomic mass is 16.3. The summed E-state index contributed by atoms with van der Waals surface area (Å²) in [7, 11) is 0. The lowest BCUT2D eigenvalue weighted by Gasteiger charge is -2.00. The molecule has 0 saturated heterocycles. The molecule has 0 unspecified atom stereocenters. The molecule has 0 aliphatic rings. The van der Waals surface area contributed by atoms with Crippen LogP contribution in [0, 0.1) is 6.92 Å². The quantitative estimate of drug-likeness (QED) is 0.534. The lowest BCUT2D eigenvalue weighted by molar-refractivity contribution is 0.616. The predicted molar refractivity (Wildman–Crippen MR) is 56.3 cm³/mol. The van der Waals surface area contributed by atoms with Crippen LogP contribution in [0.5, 0.6) is 0 Å². The molecule has 2 heteroatoms. The van der Waals surface area contributed by atoms with Crippen LogP contribution in [0.4, 0.5) is 0 Å². The van der Waals surface area contributed by atoms with E-state index in [2.05, 4.69) is 11.1 Å². The zero-order valence-corrected chi connectivity index (χ0v) is 7.82. The zero-order chi connectivity index (χ0) is 9.54. The largest absolute Gasteiger partial charge is 0.464 e. The summed E-state index contributed by atoms with van der Waals surface area (Å²) >= 11 is 0. The second-order valence-electron chi connectivity index (χ2n) is 3.39. The lowest BCUT2D eigenvalue weighted by atomic mass is 10.1. The van der Waals surface area contributed by atoms with Gasteiger partial charge in [0, 0.05) is 22.7 Å². The minimum absolute atomic E-state index is 0.933. The van der Waals surface area contributed by atoms with E-state index in [0.717, 1.165) is 16.7 Å². The number of hydrogen-bond donors (Lipinski definition) is 0. The van der Waals surface area contributed by atoms with E-state index in [4.69, 9.17) is 4.42 Å². The van der Waals surface area contributed by atoms with Gasteiger partial charge in [0.05, 0.1) is 6.26 Å². The van der Waals surface area contributed by atoms with E-state index >= 15 is 0 Å². The molecule has 0 radical (unpaired) electrons. The second-order valence-corrected chi connectivity index (χ2v) is 3.39. The average Bonchev–Trinajstić information content (AvgIpc) is 2.66. The number of pyridine rings is 1. The number of aryl methyl sites for hydroxylation is 1. The van der Waals surface area contributed by atoms with Crippen molar-refractivity contribution in [2.75, 3.05) is 0 Å². The molecule has 0 spiro atoms. The molecule has 68 valence electrons. The molecule has 2 aromatic heterocycles. The number of hydrogen-bond acceptors (Lipinski definition) is 2. The minimum Gasteiger partial charge on any atom is -0.464 e. The van der Waals surface area contributed by atoms with E-state index < -0.39 is 0 Å². The third-order valence-corrected chi connectivity index (χ3v) is 2.58. The molecule has 3 aromatic rings. The standard InChI is InChI=1S/C12H9NO/c1-8-9-2-3-12-11(5-7-14-12)10(9)4-6-13-8/h2-7H,1H3. The van der Waals surface area contributed by atoms with Crippen LogP contribution in [0.15, 0.2) is 41.1 Å². The molecule has 1 aromatic carbocycles. The Morgan fingerprint density at radius 2 is 1.93 bits per heavy atom. The molecule has 0 amide bonds. The van der Waals surface area contributed by atoms with Gasteiger partial charge in [0.25, 0.3) is 0 Å². The third-order valence-electron chi connectivity index (χ3n) is 2.58. The molecule has 0 fully saturated rings. The smallest absolute Gasteiger partial charge is 0.134 e. The third kappa shape index (κ3) is 0.880. The number of benzene rings is 1. The summed E-state index contributed by atoms with van der Waals surface area (Å²) < 4.78 is 5.35. The first-order valence-corrected chi connectivity index (χ1v) is 4.58. The van der Waals surface area contributed by atoms with Crippen molar-refractivity contribution in [3.05, 3.63) is 42.4 Å². The van der Waals surface area contributed by atoms with Gasteiger partial charge in [-0.3, -0.25) is 4.98 Å². The highest BCUT2D eigenvalue weighted by Crippen LogP contribution is 2.26. The second kappa shape index (κ2) is 2.58. The SMILES string of the molecule is Cc1nccc2c1ccc1occc12. The van der Waals surface area contributed by atoms with Gasteiger partial charge >= 0.3 is 0 Å². The van der Waals surface area contributed by atoms with Gasteiger partial charge in [-0.05, 0) is 36.6 Å². The lowest BCUT2D eigenvalue weighted by Crippen LogP contribution is -1.82. The van der Waals surface area contributed by atoms with Crippen LogP contribution in [0.2, 0.25) is 0 Å². The van der Waals surface area contributed by atoms with Crippen LogP contribution in [0.3, 0.4) is 0 Å². The molecular formula is C12H9NO. The van der Waals surface area contributed by atoms with Crippen LogP contribution in [-0.2, 0) is 0 Å². The van der Waals surface area contributed by atoms with Gasteiger partial charge in [-0.25, -0.2) is 0 Å². The Morgan fingerprint density at radius 1 is 1.00 bits per heavy atom. The molecule has 2 heterocycles. The molecule has 0 atom stereocenters. The number of aromatic nitrogens is 1. The Bertz CT molecular complexity index is 610. The molecule has 0 saturated carbocycles. The van der Waals surface area contributed by atoms with Gasteiger partial charge in [-0.2, -0.15) is 0 Å². The van der Waals surface area contributed by atoms with Crippen LogP contribution < -0.4 is 0 Å². The summed E-state index contributed by atoms with van der Waals surface area (Å²) in [6.07, 6.45) is 3.56. The molecular weight excluding hydrogens is 174 g/mol. The van der Waals surface area contributed by atoms with Crippen LogP contribution >= 0.6 is 0 Å². The van der Waals surface area contributed by atoms with Crippen LogP contribution in [0.1, 0.15) is 5.69 Å². The molecule has 0 aliphatic carbocycles. The van der Waals surface area contributed by atoms with Crippen molar-refractivity contribution in [3.63, 3.8) is 0 Å². The van der Waals surface area contributed by atoms with E-state index in [0.29, 0.717) is 0 Å². The van der Waals surface area contributed by atoms with Crippen molar-refractivity contribution in [3.8, 4) is 0 Å². The molecule has 0 bridgehead atoms. The van der Waals surface area contributed by atoms with Crippen molar-refractivity contribution in [1.82, 2.24) is 4.98 Å². The monoisotopic (exact) mass is 183 g/mol. The van der Waals surface area contributed by atoms with Gasteiger partial charge < -0.3 is 4.42 Å². The number of nitrogens with zero attached hydrogens (tertiary/aromatic N) is 1. The highest BCUT2D eigenvalue weighted by molar-refractivity contribution is 6.06. The van der Waals surface area contributed by atoms with E-state index in [1.54, 1.807) is 6.26 Å². The van der Waals surface area contributed by atoms with Crippen LogP contribution in [-0.4, -0.2) is 4.98 Å². The van der Waals surface area contributed by atoms with Crippen molar-refractivity contribution in [2.24, 2.45) is 0 Å². The van der Waals surface area contributed by atoms with E-state index in [-0.39, 0.29) is 0 Å². The van der Waals surface area contributed by atoms with Gasteiger partial charge in [0.1, 0.15) is 5.58 Å². The Balaban J connectivity index is 2.64. The fraction of sp³-hybridized carbons (Fsp3) is 0.0833. The Hall–Kier alpha value is -1.83. The highest BCUT2D eigenvalue weighted by Gasteiger charge is 2.03. The fourth-order valence-electron chi connectivity index (χ4n) is 1.85. The number of fused-ring (bicyclic) bond motifs is 3. The Morgan fingerprint density at radius 3 is 2.86 bits per heavy atom. The first-order chi connectivity index (χ1) is 6.86. The summed E-state index contributed by atoms with van der Waals surface area (Å²) in [6.45, 7) is 2.02. The molecule has 0 aliphatic heterocycles. The van der Waals surface area contributed by atoms with Crippen molar-refractivity contribution in [1.29, 1.82) is 0 Å². The first kappa shape index (κ1) is 7.56. The van der Waals surface area contributed by atoms with Crippen LogP contribution in [0.25, 0.3) is 21.7 Å². The maximum absolute atomic E-state index is 5.35. The maximum Gasteiger partial charge on any atom is 0.134 e. The fourth-order valence-corrected chi connectivity index (χ4v) is 1.85. The van der Waals surface area contributed by atoms with Gasteiger partial charge in [-0.1, -0.05) is 0 Å².